The summed E-state index contributed by atoms with van der Waals surface area (Å²) in [5.74, 6) is -0.895. The Kier molecular flexibility index (Phi) is 3.41. The van der Waals surface area contributed by atoms with Gasteiger partial charge in [-0.1, -0.05) is 0 Å². The molecule has 1 aromatic carbocycles. The van der Waals surface area contributed by atoms with Gasteiger partial charge >= 0.3 is 5.97 Å². The number of aromatic nitrogens is 1. The molecule has 0 radical (unpaired) electrons. The highest BCUT2D eigenvalue weighted by Gasteiger charge is 2.20. The van der Waals surface area contributed by atoms with Crippen molar-refractivity contribution in [2.45, 2.75) is 6.92 Å². The summed E-state index contributed by atoms with van der Waals surface area (Å²) in [5, 5.41) is 10.1. The SMILES string of the molecule is CCOC(=O)c1c(O)c(=O)[nH]c2ccc(OC)cc12. The molecule has 19 heavy (non-hydrogen) atoms. The maximum atomic E-state index is 11.9. The minimum Gasteiger partial charge on any atom is -0.502 e. The fourth-order valence-corrected chi connectivity index (χ4v) is 1.80. The van der Waals surface area contributed by atoms with Crippen molar-refractivity contribution in [3.8, 4) is 11.5 Å². The summed E-state index contributed by atoms with van der Waals surface area (Å²) < 4.78 is 9.91. The summed E-state index contributed by atoms with van der Waals surface area (Å²) >= 11 is 0. The molecule has 0 aliphatic heterocycles. The van der Waals surface area contributed by atoms with E-state index in [0.29, 0.717) is 16.7 Å². The average Bonchev–Trinajstić information content (AvgIpc) is 2.40. The maximum Gasteiger partial charge on any atom is 0.342 e. The third-order valence-corrected chi connectivity index (χ3v) is 2.68. The summed E-state index contributed by atoms with van der Waals surface area (Å²) in [6, 6.07) is 4.79. The predicted octanol–water partition coefficient (Wildman–Crippen LogP) is 1.42. The number of H-pyrrole nitrogens is 1. The Hall–Kier alpha value is -2.50. The number of aromatic amines is 1. The molecule has 0 saturated heterocycles. The summed E-state index contributed by atoms with van der Waals surface area (Å²) in [6.07, 6.45) is 0. The number of fused-ring (bicyclic) bond motifs is 1. The van der Waals surface area contributed by atoms with E-state index in [9.17, 15) is 14.7 Å². The molecule has 0 amide bonds. The lowest BCUT2D eigenvalue weighted by molar-refractivity contribution is 0.0525. The van der Waals surface area contributed by atoms with Crippen LogP contribution in [0.25, 0.3) is 10.9 Å². The highest BCUT2D eigenvalue weighted by Crippen LogP contribution is 2.26. The molecule has 0 spiro atoms. The zero-order valence-corrected chi connectivity index (χ0v) is 10.5. The first kappa shape index (κ1) is 12.9. The van der Waals surface area contributed by atoms with Crippen molar-refractivity contribution in [3.05, 3.63) is 34.1 Å². The Labute approximate surface area is 108 Å². The quantitative estimate of drug-likeness (QED) is 0.817. The third-order valence-electron chi connectivity index (χ3n) is 2.68. The summed E-state index contributed by atoms with van der Waals surface area (Å²) in [4.78, 5) is 25.9. The zero-order chi connectivity index (χ0) is 14.0. The maximum absolute atomic E-state index is 11.9. The van der Waals surface area contributed by atoms with Gasteiger partial charge in [-0.25, -0.2) is 4.79 Å². The monoisotopic (exact) mass is 263 g/mol. The van der Waals surface area contributed by atoms with Gasteiger partial charge in [0.1, 0.15) is 11.3 Å². The number of aromatic hydroxyl groups is 1. The van der Waals surface area contributed by atoms with E-state index in [0.717, 1.165) is 0 Å². The van der Waals surface area contributed by atoms with Gasteiger partial charge in [-0.2, -0.15) is 0 Å². The molecular formula is C13H13NO5. The standard InChI is InChI=1S/C13H13NO5/c1-3-19-13(17)10-8-6-7(18-2)4-5-9(8)14-12(16)11(10)15/h4-6,15H,3H2,1-2H3,(H,14,16). The van der Waals surface area contributed by atoms with E-state index >= 15 is 0 Å². The molecule has 0 fully saturated rings. The smallest absolute Gasteiger partial charge is 0.342 e. The van der Waals surface area contributed by atoms with Crippen molar-refractivity contribution in [1.29, 1.82) is 0 Å². The van der Waals surface area contributed by atoms with Gasteiger partial charge in [0.2, 0.25) is 0 Å². The highest BCUT2D eigenvalue weighted by molar-refractivity contribution is 6.06. The van der Waals surface area contributed by atoms with Crippen molar-refractivity contribution in [3.63, 3.8) is 0 Å². The Bertz CT molecular complexity index is 689. The Balaban J connectivity index is 2.79. The van der Waals surface area contributed by atoms with Gasteiger partial charge in [-0.05, 0) is 25.1 Å². The van der Waals surface area contributed by atoms with E-state index in [1.807, 2.05) is 0 Å². The van der Waals surface area contributed by atoms with Crippen LogP contribution in [0.1, 0.15) is 17.3 Å². The lowest BCUT2D eigenvalue weighted by atomic mass is 10.1. The van der Waals surface area contributed by atoms with E-state index in [2.05, 4.69) is 4.98 Å². The average molecular weight is 263 g/mol. The van der Waals surface area contributed by atoms with E-state index < -0.39 is 17.3 Å². The highest BCUT2D eigenvalue weighted by atomic mass is 16.5. The fourth-order valence-electron chi connectivity index (χ4n) is 1.80. The molecule has 6 nitrogen and oxygen atoms in total. The van der Waals surface area contributed by atoms with Crippen molar-refractivity contribution in [1.82, 2.24) is 4.98 Å². The second kappa shape index (κ2) is 5.01. The summed E-state index contributed by atoms with van der Waals surface area (Å²) in [7, 11) is 1.48. The number of carbonyl (C=O) groups excluding carboxylic acids is 1. The van der Waals surface area contributed by atoms with Gasteiger partial charge < -0.3 is 19.6 Å². The summed E-state index contributed by atoms with van der Waals surface area (Å²) in [6.45, 7) is 1.79. The minimum absolute atomic E-state index is 0.149. The predicted molar refractivity (Wildman–Crippen MR) is 68.7 cm³/mol. The van der Waals surface area contributed by atoms with Crippen LogP contribution >= 0.6 is 0 Å². The molecule has 0 saturated carbocycles. The normalized spacial score (nSPS) is 10.4. The fraction of sp³-hybridized carbons (Fsp3) is 0.231. The van der Waals surface area contributed by atoms with Gasteiger partial charge in [0.05, 0.1) is 13.7 Å². The van der Waals surface area contributed by atoms with Crippen molar-refractivity contribution < 1.29 is 19.4 Å². The number of nitrogens with one attached hydrogen (secondary N) is 1. The third kappa shape index (κ3) is 2.24. The van der Waals surface area contributed by atoms with Crippen LogP contribution in [0.15, 0.2) is 23.0 Å². The second-order valence-electron chi connectivity index (χ2n) is 3.81. The number of ether oxygens (including phenoxy) is 2. The Morgan fingerprint density at radius 1 is 1.42 bits per heavy atom. The molecule has 2 rings (SSSR count). The molecule has 0 bridgehead atoms. The first-order valence-electron chi connectivity index (χ1n) is 5.68. The van der Waals surface area contributed by atoms with Crippen molar-refractivity contribution >= 4 is 16.9 Å². The van der Waals surface area contributed by atoms with Crippen LogP contribution in [0.4, 0.5) is 0 Å². The van der Waals surface area contributed by atoms with Gasteiger partial charge in [-0.3, -0.25) is 4.79 Å². The van der Waals surface area contributed by atoms with Crippen LogP contribution in [0.5, 0.6) is 11.5 Å². The molecule has 0 aliphatic rings. The van der Waals surface area contributed by atoms with Crippen LogP contribution in [0.2, 0.25) is 0 Å². The topological polar surface area (TPSA) is 88.6 Å². The van der Waals surface area contributed by atoms with E-state index in [1.54, 1.807) is 25.1 Å². The molecule has 2 N–H and O–H groups in total. The molecular weight excluding hydrogens is 250 g/mol. The molecule has 100 valence electrons. The Morgan fingerprint density at radius 2 is 2.16 bits per heavy atom. The number of hydrogen-bond donors (Lipinski definition) is 2. The number of hydrogen-bond acceptors (Lipinski definition) is 5. The van der Waals surface area contributed by atoms with E-state index in [4.69, 9.17) is 9.47 Å². The van der Waals surface area contributed by atoms with Gasteiger partial charge in [0.15, 0.2) is 5.75 Å². The summed E-state index contributed by atoms with van der Waals surface area (Å²) in [5.41, 5.74) is -0.466. The number of carbonyl (C=O) groups is 1. The lowest BCUT2D eigenvalue weighted by Gasteiger charge is -2.09. The van der Waals surface area contributed by atoms with Crippen LogP contribution in [-0.4, -0.2) is 29.8 Å². The van der Waals surface area contributed by atoms with Crippen LogP contribution in [0.3, 0.4) is 0 Å². The largest absolute Gasteiger partial charge is 0.502 e. The van der Waals surface area contributed by atoms with Crippen LogP contribution in [-0.2, 0) is 4.74 Å². The number of benzene rings is 1. The molecule has 6 heteroatoms. The Morgan fingerprint density at radius 3 is 2.79 bits per heavy atom. The van der Waals surface area contributed by atoms with Gasteiger partial charge in [0.25, 0.3) is 5.56 Å². The number of rotatable bonds is 3. The van der Waals surface area contributed by atoms with Gasteiger partial charge in [0, 0.05) is 10.9 Å². The number of pyridine rings is 1. The van der Waals surface area contributed by atoms with Crippen molar-refractivity contribution in [2.24, 2.45) is 0 Å². The number of esters is 1. The molecule has 0 aliphatic carbocycles. The van der Waals surface area contributed by atoms with Crippen molar-refractivity contribution in [2.75, 3.05) is 13.7 Å². The molecule has 2 aromatic rings. The second-order valence-corrected chi connectivity index (χ2v) is 3.81. The lowest BCUT2D eigenvalue weighted by Crippen LogP contribution is -2.14. The van der Waals surface area contributed by atoms with Gasteiger partial charge in [-0.15, -0.1) is 0 Å². The van der Waals surface area contributed by atoms with E-state index in [-0.39, 0.29) is 12.2 Å². The van der Waals surface area contributed by atoms with E-state index in [1.165, 1.54) is 7.11 Å². The van der Waals surface area contributed by atoms with Crippen LogP contribution in [0, 0.1) is 0 Å². The first-order valence-corrected chi connectivity index (χ1v) is 5.68. The number of methoxy groups -OCH3 is 1. The molecule has 0 unspecified atom stereocenters. The zero-order valence-electron chi connectivity index (χ0n) is 10.5. The first-order chi connectivity index (χ1) is 9.08. The molecule has 1 heterocycles. The molecule has 0 atom stereocenters. The minimum atomic E-state index is -0.746. The van der Waals surface area contributed by atoms with Crippen LogP contribution < -0.4 is 10.3 Å². The molecule has 1 aromatic heterocycles.